The molecule has 0 aliphatic carbocycles. The summed E-state index contributed by atoms with van der Waals surface area (Å²) in [6.07, 6.45) is -0.935. The van der Waals surface area contributed by atoms with Crippen molar-refractivity contribution in [2.45, 2.75) is 58.1 Å². The highest BCUT2D eigenvalue weighted by Crippen LogP contribution is 2.39. The minimum atomic E-state index is -4.77. The number of piperazine rings is 1. The van der Waals surface area contributed by atoms with Crippen LogP contribution >= 0.6 is 0 Å². The van der Waals surface area contributed by atoms with Gasteiger partial charge in [0.25, 0.3) is 0 Å². The van der Waals surface area contributed by atoms with Crippen LogP contribution in [0.3, 0.4) is 0 Å². The first-order valence-corrected chi connectivity index (χ1v) is 14.6. The SMILES string of the molecule is CCOCCOC(=O)CC1CN(Cc2ccncc2)CCN1Cc1ccc(-c2ccc(C(C)(O)C(F)(F)F)cc2)c(C)c1. The Morgan fingerprint density at radius 1 is 1.00 bits per heavy atom. The Balaban J connectivity index is 1.45. The predicted molar refractivity (Wildman–Crippen MR) is 158 cm³/mol. The first-order valence-electron chi connectivity index (χ1n) is 14.6. The third-order valence-electron chi connectivity index (χ3n) is 7.93. The molecule has 2 atom stereocenters. The molecule has 2 unspecified atom stereocenters. The monoisotopic (exact) mass is 599 g/mol. The number of alkyl halides is 3. The highest BCUT2D eigenvalue weighted by atomic mass is 19.4. The quantitative estimate of drug-likeness (QED) is 0.218. The molecule has 1 aliphatic heterocycles. The van der Waals surface area contributed by atoms with Gasteiger partial charge < -0.3 is 14.6 Å². The standard InChI is InChI=1S/C33H40F3N3O4/c1-4-42-17-18-43-31(40)20-29-23-38(21-25-11-13-37-14-12-25)15-16-39(29)22-26-5-10-30(24(2)19-26)27-6-8-28(9-7-27)32(3,41)33(34,35)36/h5-14,19,29,41H,4,15-18,20-23H2,1-3H3. The molecule has 232 valence electrons. The minimum Gasteiger partial charge on any atom is -0.463 e. The van der Waals surface area contributed by atoms with Crippen LogP contribution in [-0.4, -0.2) is 77.5 Å². The second-order valence-electron chi connectivity index (χ2n) is 11.1. The van der Waals surface area contributed by atoms with Crippen LogP contribution in [0.5, 0.6) is 0 Å². The van der Waals surface area contributed by atoms with Gasteiger partial charge in [-0.1, -0.05) is 42.5 Å². The summed E-state index contributed by atoms with van der Waals surface area (Å²) in [4.78, 5) is 21.5. The molecule has 0 radical (unpaired) electrons. The largest absolute Gasteiger partial charge is 0.463 e. The van der Waals surface area contributed by atoms with Gasteiger partial charge in [-0.15, -0.1) is 0 Å². The van der Waals surface area contributed by atoms with Crippen molar-refractivity contribution < 1.29 is 32.5 Å². The average molecular weight is 600 g/mol. The maximum absolute atomic E-state index is 13.3. The number of hydrogen-bond donors (Lipinski definition) is 1. The third-order valence-corrected chi connectivity index (χ3v) is 7.93. The first-order chi connectivity index (χ1) is 20.5. The summed E-state index contributed by atoms with van der Waals surface area (Å²) in [5.74, 6) is -0.250. The van der Waals surface area contributed by atoms with E-state index in [0.717, 1.165) is 48.8 Å². The molecule has 0 saturated carbocycles. The van der Waals surface area contributed by atoms with Crippen molar-refractivity contribution in [3.05, 3.63) is 89.2 Å². The van der Waals surface area contributed by atoms with Crippen LogP contribution in [0.4, 0.5) is 13.2 Å². The van der Waals surface area contributed by atoms with Crippen LogP contribution in [0.15, 0.2) is 67.0 Å². The van der Waals surface area contributed by atoms with E-state index < -0.39 is 11.8 Å². The van der Waals surface area contributed by atoms with Crippen molar-refractivity contribution >= 4 is 5.97 Å². The van der Waals surface area contributed by atoms with Crippen LogP contribution in [-0.2, 0) is 33.0 Å². The molecule has 10 heteroatoms. The summed E-state index contributed by atoms with van der Waals surface area (Å²) < 4.78 is 50.5. The Morgan fingerprint density at radius 2 is 1.72 bits per heavy atom. The van der Waals surface area contributed by atoms with Gasteiger partial charge in [0.1, 0.15) is 6.61 Å². The molecule has 7 nitrogen and oxygen atoms in total. The van der Waals surface area contributed by atoms with E-state index in [-0.39, 0.29) is 30.6 Å². The van der Waals surface area contributed by atoms with E-state index in [1.165, 1.54) is 17.7 Å². The lowest BCUT2D eigenvalue weighted by Gasteiger charge is -2.41. The fraction of sp³-hybridized carbons (Fsp3) is 0.455. The minimum absolute atomic E-state index is 0.0378. The Morgan fingerprint density at radius 3 is 2.37 bits per heavy atom. The number of esters is 1. The fourth-order valence-corrected chi connectivity index (χ4v) is 5.38. The zero-order chi connectivity index (χ0) is 31.0. The molecule has 1 aliphatic rings. The predicted octanol–water partition coefficient (Wildman–Crippen LogP) is 5.48. The second kappa shape index (κ2) is 14.4. The number of ether oxygens (including phenoxy) is 2. The summed E-state index contributed by atoms with van der Waals surface area (Å²) in [6, 6.07) is 15.9. The molecule has 3 aromatic rings. The topological polar surface area (TPSA) is 75.1 Å². The highest BCUT2D eigenvalue weighted by molar-refractivity contribution is 5.70. The van der Waals surface area contributed by atoms with Gasteiger partial charge in [0, 0.05) is 57.8 Å². The fourth-order valence-electron chi connectivity index (χ4n) is 5.38. The molecule has 2 aromatic carbocycles. The van der Waals surface area contributed by atoms with Crippen molar-refractivity contribution in [3.63, 3.8) is 0 Å². The van der Waals surface area contributed by atoms with E-state index in [1.54, 1.807) is 24.5 Å². The summed E-state index contributed by atoms with van der Waals surface area (Å²) in [6.45, 7) is 9.57. The van der Waals surface area contributed by atoms with Gasteiger partial charge in [-0.2, -0.15) is 13.2 Å². The van der Waals surface area contributed by atoms with Gasteiger partial charge in [0.2, 0.25) is 0 Å². The van der Waals surface area contributed by atoms with Crippen LogP contribution in [0.25, 0.3) is 11.1 Å². The molecule has 1 fully saturated rings. The number of nitrogens with zero attached hydrogens (tertiary/aromatic N) is 3. The van der Waals surface area contributed by atoms with Crippen molar-refractivity contribution in [3.8, 4) is 11.1 Å². The Labute approximate surface area is 251 Å². The number of rotatable bonds is 12. The third kappa shape index (κ3) is 8.63. The van der Waals surface area contributed by atoms with Crippen LogP contribution in [0, 0.1) is 6.92 Å². The van der Waals surface area contributed by atoms with E-state index in [0.29, 0.717) is 26.3 Å². The molecule has 1 saturated heterocycles. The molecule has 1 aromatic heterocycles. The van der Waals surface area contributed by atoms with Crippen molar-refractivity contribution in [2.75, 3.05) is 39.5 Å². The molecule has 2 heterocycles. The lowest BCUT2D eigenvalue weighted by atomic mass is 9.92. The molecule has 0 amide bonds. The Kier molecular flexibility index (Phi) is 10.9. The van der Waals surface area contributed by atoms with Gasteiger partial charge in [-0.25, -0.2) is 0 Å². The van der Waals surface area contributed by atoms with Crippen molar-refractivity contribution in [1.82, 2.24) is 14.8 Å². The zero-order valence-electron chi connectivity index (χ0n) is 24.9. The summed E-state index contributed by atoms with van der Waals surface area (Å²) in [5.41, 5.74) is 1.78. The first kappa shape index (κ1) is 32.6. The molecule has 0 spiro atoms. The number of aryl methyl sites for hydroxylation is 1. The number of benzene rings is 2. The summed E-state index contributed by atoms with van der Waals surface area (Å²) in [7, 11) is 0. The van der Waals surface area contributed by atoms with Crippen LogP contribution < -0.4 is 0 Å². The van der Waals surface area contributed by atoms with Crippen LogP contribution in [0.1, 0.15) is 42.5 Å². The number of pyridine rings is 1. The van der Waals surface area contributed by atoms with Crippen molar-refractivity contribution in [2.24, 2.45) is 0 Å². The molecule has 4 rings (SSSR count). The van der Waals surface area contributed by atoms with E-state index in [9.17, 15) is 23.1 Å². The zero-order valence-corrected chi connectivity index (χ0v) is 24.9. The van der Waals surface area contributed by atoms with Crippen molar-refractivity contribution in [1.29, 1.82) is 0 Å². The normalized spacial score (nSPS) is 17.9. The number of carbonyl (C=O) groups is 1. The summed E-state index contributed by atoms with van der Waals surface area (Å²) in [5, 5.41) is 9.99. The van der Waals surface area contributed by atoms with Gasteiger partial charge in [-0.05, 0) is 66.3 Å². The number of aromatic nitrogens is 1. The lowest BCUT2D eigenvalue weighted by Crippen LogP contribution is -2.53. The average Bonchev–Trinajstić information content (AvgIpc) is 2.97. The molecule has 1 N–H and O–H groups in total. The van der Waals surface area contributed by atoms with Gasteiger partial charge in [0.05, 0.1) is 13.0 Å². The molecular weight excluding hydrogens is 559 g/mol. The molecular formula is C33H40F3N3O4. The van der Waals surface area contributed by atoms with E-state index >= 15 is 0 Å². The lowest BCUT2D eigenvalue weighted by molar-refractivity contribution is -0.258. The van der Waals surface area contributed by atoms with E-state index in [2.05, 4.69) is 20.9 Å². The van der Waals surface area contributed by atoms with Gasteiger partial charge >= 0.3 is 12.1 Å². The smallest absolute Gasteiger partial charge is 0.421 e. The maximum atomic E-state index is 13.3. The van der Waals surface area contributed by atoms with Crippen LogP contribution in [0.2, 0.25) is 0 Å². The molecule has 0 bridgehead atoms. The number of halogens is 3. The Hall–Kier alpha value is -3.31. The van der Waals surface area contributed by atoms with Gasteiger partial charge in [-0.3, -0.25) is 19.6 Å². The summed E-state index contributed by atoms with van der Waals surface area (Å²) >= 11 is 0. The highest BCUT2D eigenvalue weighted by Gasteiger charge is 2.51. The Bertz CT molecular complexity index is 1330. The molecule has 43 heavy (non-hydrogen) atoms. The number of hydrogen-bond acceptors (Lipinski definition) is 7. The van der Waals surface area contributed by atoms with E-state index in [1.807, 2.05) is 38.1 Å². The van der Waals surface area contributed by atoms with Gasteiger partial charge in [0.15, 0.2) is 5.60 Å². The second-order valence-corrected chi connectivity index (χ2v) is 11.1. The van der Waals surface area contributed by atoms with E-state index in [4.69, 9.17) is 9.47 Å². The number of carbonyl (C=O) groups excluding carboxylic acids is 1. The maximum Gasteiger partial charge on any atom is 0.421 e. The number of aliphatic hydroxyl groups is 1.